The van der Waals surface area contributed by atoms with Gasteiger partial charge in [0.2, 0.25) is 0 Å². The van der Waals surface area contributed by atoms with Gasteiger partial charge in [-0.2, -0.15) is 0 Å². The maximum absolute atomic E-state index is 5.89. The highest BCUT2D eigenvalue weighted by molar-refractivity contribution is 5.60. The summed E-state index contributed by atoms with van der Waals surface area (Å²) >= 11 is 0. The van der Waals surface area contributed by atoms with Gasteiger partial charge in [0.05, 0.1) is 6.10 Å². The summed E-state index contributed by atoms with van der Waals surface area (Å²) in [5.41, 5.74) is 6.86. The Morgan fingerprint density at radius 1 is 1.29 bits per heavy atom. The van der Waals surface area contributed by atoms with Crippen LogP contribution in [-0.4, -0.2) is 29.2 Å². The SMILES string of the molecule is CC1OCCC1CNc1cc(N)nc(-c2ccccc2)n1. The van der Waals surface area contributed by atoms with Crippen LogP contribution < -0.4 is 11.1 Å². The van der Waals surface area contributed by atoms with Crippen LogP contribution in [0.15, 0.2) is 36.4 Å². The number of ether oxygens (including phenoxy) is 1. The lowest BCUT2D eigenvalue weighted by atomic mass is 10.0. The van der Waals surface area contributed by atoms with Crippen LogP contribution in [0.3, 0.4) is 0 Å². The van der Waals surface area contributed by atoms with Gasteiger partial charge in [-0.3, -0.25) is 0 Å². The molecule has 0 amide bonds. The smallest absolute Gasteiger partial charge is 0.163 e. The topological polar surface area (TPSA) is 73.1 Å². The number of nitrogens with zero attached hydrogens (tertiary/aromatic N) is 2. The van der Waals surface area contributed by atoms with Crippen molar-refractivity contribution in [3.05, 3.63) is 36.4 Å². The van der Waals surface area contributed by atoms with Crippen molar-refractivity contribution in [3.8, 4) is 11.4 Å². The number of hydrogen-bond donors (Lipinski definition) is 2. The van der Waals surface area contributed by atoms with E-state index >= 15 is 0 Å². The summed E-state index contributed by atoms with van der Waals surface area (Å²) in [4.78, 5) is 8.85. The summed E-state index contributed by atoms with van der Waals surface area (Å²) in [5, 5.41) is 3.36. The average molecular weight is 284 g/mol. The predicted octanol–water partition coefficient (Wildman–Crippen LogP) is 2.56. The fourth-order valence-corrected chi connectivity index (χ4v) is 2.55. The monoisotopic (exact) mass is 284 g/mol. The molecule has 1 aromatic heterocycles. The molecule has 5 heteroatoms. The minimum absolute atomic E-state index is 0.297. The van der Waals surface area contributed by atoms with E-state index in [0.717, 1.165) is 31.0 Å². The van der Waals surface area contributed by atoms with Crippen LogP contribution in [-0.2, 0) is 4.74 Å². The van der Waals surface area contributed by atoms with Gasteiger partial charge in [-0.25, -0.2) is 9.97 Å². The van der Waals surface area contributed by atoms with Crippen LogP contribution in [0.5, 0.6) is 0 Å². The van der Waals surface area contributed by atoms with Gasteiger partial charge >= 0.3 is 0 Å². The second-order valence-electron chi connectivity index (χ2n) is 5.37. The molecule has 1 fully saturated rings. The zero-order valence-corrected chi connectivity index (χ0v) is 12.1. The van der Waals surface area contributed by atoms with Crippen LogP contribution in [0.4, 0.5) is 11.6 Å². The van der Waals surface area contributed by atoms with E-state index in [-0.39, 0.29) is 0 Å². The van der Waals surface area contributed by atoms with Crippen molar-refractivity contribution in [1.82, 2.24) is 9.97 Å². The number of nitrogen functional groups attached to an aromatic ring is 1. The third-order valence-corrected chi connectivity index (χ3v) is 3.86. The summed E-state index contributed by atoms with van der Waals surface area (Å²) in [6, 6.07) is 11.6. The summed E-state index contributed by atoms with van der Waals surface area (Å²) in [5.74, 6) is 2.40. The van der Waals surface area contributed by atoms with Gasteiger partial charge in [-0.1, -0.05) is 30.3 Å². The normalized spacial score (nSPS) is 21.4. The van der Waals surface area contributed by atoms with Gasteiger partial charge in [-0.05, 0) is 13.3 Å². The quantitative estimate of drug-likeness (QED) is 0.902. The van der Waals surface area contributed by atoms with Gasteiger partial charge in [-0.15, -0.1) is 0 Å². The maximum atomic E-state index is 5.89. The third kappa shape index (κ3) is 3.31. The van der Waals surface area contributed by atoms with Crippen molar-refractivity contribution in [1.29, 1.82) is 0 Å². The van der Waals surface area contributed by atoms with Crippen LogP contribution in [0, 0.1) is 5.92 Å². The molecule has 0 spiro atoms. The van der Waals surface area contributed by atoms with Gasteiger partial charge < -0.3 is 15.8 Å². The van der Waals surface area contributed by atoms with E-state index in [9.17, 15) is 0 Å². The van der Waals surface area contributed by atoms with E-state index in [1.54, 1.807) is 6.07 Å². The molecule has 1 aliphatic rings. The largest absolute Gasteiger partial charge is 0.384 e. The number of benzene rings is 1. The molecule has 1 aromatic carbocycles. The molecule has 0 bridgehead atoms. The molecule has 0 radical (unpaired) electrons. The minimum atomic E-state index is 0.297. The van der Waals surface area contributed by atoms with E-state index in [2.05, 4.69) is 22.2 Å². The zero-order valence-electron chi connectivity index (χ0n) is 12.1. The number of nitrogens with two attached hydrogens (primary N) is 1. The Morgan fingerprint density at radius 2 is 2.10 bits per heavy atom. The number of rotatable bonds is 4. The van der Waals surface area contributed by atoms with Gasteiger partial charge in [0.1, 0.15) is 11.6 Å². The maximum Gasteiger partial charge on any atom is 0.163 e. The minimum Gasteiger partial charge on any atom is -0.384 e. The molecule has 2 aromatic rings. The molecular weight excluding hydrogens is 264 g/mol. The number of anilines is 2. The first-order chi connectivity index (χ1) is 10.2. The Bertz CT molecular complexity index is 602. The van der Waals surface area contributed by atoms with Crippen LogP contribution >= 0.6 is 0 Å². The Morgan fingerprint density at radius 3 is 2.81 bits per heavy atom. The highest BCUT2D eigenvalue weighted by Gasteiger charge is 2.23. The van der Waals surface area contributed by atoms with Crippen molar-refractivity contribution in [2.45, 2.75) is 19.4 Å². The van der Waals surface area contributed by atoms with Gasteiger partial charge in [0.15, 0.2) is 5.82 Å². The molecule has 0 aliphatic carbocycles. The van der Waals surface area contributed by atoms with Crippen molar-refractivity contribution in [3.63, 3.8) is 0 Å². The molecule has 1 saturated heterocycles. The molecule has 5 nitrogen and oxygen atoms in total. The lowest BCUT2D eigenvalue weighted by Crippen LogP contribution is -2.21. The number of nitrogens with one attached hydrogen (secondary N) is 1. The zero-order chi connectivity index (χ0) is 14.7. The highest BCUT2D eigenvalue weighted by Crippen LogP contribution is 2.22. The Balaban J connectivity index is 1.75. The molecule has 2 heterocycles. The van der Waals surface area contributed by atoms with Crippen LogP contribution in [0.25, 0.3) is 11.4 Å². The third-order valence-electron chi connectivity index (χ3n) is 3.86. The molecule has 2 atom stereocenters. The first kappa shape index (κ1) is 13.8. The molecule has 3 N–H and O–H groups in total. The second-order valence-corrected chi connectivity index (χ2v) is 5.37. The van der Waals surface area contributed by atoms with E-state index < -0.39 is 0 Å². The Hall–Kier alpha value is -2.14. The summed E-state index contributed by atoms with van der Waals surface area (Å²) < 4.78 is 5.57. The lowest BCUT2D eigenvalue weighted by molar-refractivity contribution is 0.108. The fourth-order valence-electron chi connectivity index (χ4n) is 2.55. The van der Waals surface area contributed by atoms with Crippen molar-refractivity contribution in [2.24, 2.45) is 5.92 Å². The summed E-state index contributed by atoms with van der Waals surface area (Å²) in [7, 11) is 0. The van der Waals surface area contributed by atoms with E-state index in [1.807, 2.05) is 30.3 Å². The van der Waals surface area contributed by atoms with Crippen LogP contribution in [0.1, 0.15) is 13.3 Å². The van der Waals surface area contributed by atoms with Crippen molar-refractivity contribution in [2.75, 3.05) is 24.2 Å². The first-order valence-corrected chi connectivity index (χ1v) is 7.28. The Labute approximate surface area is 124 Å². The molecule has 1 aliphatic heterocycles. The average Bonchev–Trinajstić information content (AvgIpc) is 2.91. The summed E-state index contributed by atoms with van der Waals surface area (Å²) in [6.45, 7) is 3.80. The number of aromatic nitrogens is 2. The van der Waals surface area contributed by atoms with E-state index in [0.29, 0.717) is 23.7 Å². The van der Waals surface area contributed by atoms with Crippen LogP contribution in [0.2, 0.25) is 0 Å². The molecule has 2 unspecified atom stereocenters. The van der Waals surface area contributed by atoms with Gasteiger partial charge in [0.25, 0.3) is 0 Å². The first-order valence-electron chi connectivity index (χ1n) is 7.28. The summed E-state index contributed by atoms with van der Waals surface area (Å²) in [6.07, 6.45) is 1.38. The fraction of sp³-hybridized carbons (Fsp3) is 0.375. The highest BCUT2D eigenvalue weighted by atomic mass is 16.5. The molecule has 3 rings (SSSR count). The van der Waals surface area contributed by atoms with Crippen molar-refractivity contribution < 1.29 is 4.74 Å². The Kier molecular flexibility index (Phi) is 4.01. The van der Waals surface area contributed by atoms with E-state index in [1.165, 1.54) is 0 Å². The second kappa shape index (κ2) is 6.10. The lowest BCUT2D eigenvalue weighted by Gasteiger charge is -2.15. The van der Waals surface area contributed by atoms with Crippen molar-refractivity contribution >= 4 is 11.6 Å². The van der Waals surface area contributed by atoms with Gasteiger partial charge in [0, 0.05) is 30.7 Å². The molecule has 21 heavy (non-hydrogen) atoms. The molecule has 110 valence electrons. The number of hydrogen-bond acceptors (Lipinski definition) is 5. The molecular formula is C16H20N4O. The molecule has 0 saturated carbocycles. The van der Waals surface area contributed by atoms with E-state index in [4.69, 9.17) is 10.5 Å². The standard InChI is InChI=1S/C16H20N4O/c1-11-13(7-8-21-11)10-18-15-9-14(17)19-16(20-15)12-5-3-2-4-6-12/h2-6,9,11,13H,7-8,10H2,1H3,(H3,17,18,19,20). The predicted molar refractivity (Wildman–Crippen MR) is 83.9 cm³/mol.